The van der Waals surface area contributed by atoms with Gasteiger partial charge in [0.15, 0.2) is 6.23 Å². The molecule has 142 valence electrons. The first-order chi connectivity index (χ1) is 11.8. The number of aliphatic hydroxyl groups is 2. The lowest BCUT2D eigenvalue weighted by molar-refractivity contribution is -0.0626. The van der Waals surface area contributed by atoms with Crippen LogP contribution in [0.3, 0.4) is 0 Å². The van der Waals surface area contributed by atoms with Gasteiger partial charge in [-0.1, -0.05) is 0 Å². The van der Waals surface area contributed by atoms with Crippen LogP contribution in [0.5, 0.6) is 0 Å². The first-order valence-corrected chi connectivity index (χ1v) is 9.00. The molecule has 1 aliphatic rings. The van der Waals surface area contributed by atoms with E-state index in [0.717, 1.165) is 6.20 Å². The van der Waals surface area contributed by atoms with Crippen LogP contribution in [0.2, 0.25) is 0 Å². The van der Waals surface area contributed by atoms with Gasteiger partial charge < -0.3 is 14.9 Å². The third-order valence-corrected chi connectivity index (χ3v) is 4.90. The molecule has 0 aromatic carbocycles. The average molecular weight is 381 g/mol. The van der Waals surface area contributed by atoms with Crippen molar-refractivity contribution in [1.82, 2.24) is 14.8 Å². The Morgan fingerprint density at radius 1 is 1.24 bits per heavy atom. The molecule has 4 atom stereocenters. The van der Waals surface area contributed by atoms with Crippen LogP contribution in [0.25, 0.3) is 0 Å². The Bertz CT molecular complexity index is 725. The second-order valence-corrected chi connectivity index (χ2v) is 6.68. The standard InChI is InChI=1S/C12H20N3O9P/c1-3-21-25(20,22-4-2)23-6-7-9(17)10(18)11(24-7)15-12(19)14-8(16)5-13-15/h5,7,9-11,17-18H,3-4,6H2,1-2H3,(H,14,16,19)/t7-,9?,10?,11-/m1/s1. The number of aliphatic hydroxyl groups excluding tert-OH is 2. The number of phosphoric acid groups is 1. The summed E-state index contributed by atoms with van der Waals surface area (Å²) in [6.45, 7) is 2.93. The van der Waals surface area contributed by atoms with Crippen LogP contribution in [0.4, 0.5) is 0 Å². The minimum absolute atomic E-state index is 0.0767. The Balaban J connectivity index is 2.10. The normalized spacial score (nSPS) is 26.9. The Morgan fingerprint density at radius 3 is 2.44 bits per heavy atom. The summed E-state index contributed by atoms with van der Waals surface area (Å²) in [5.41, 5.74) is -1.64. The van der Waals surface area contributed by atoms with Crippen LogP contribution in [-0.4, -0.2) is 63.1 Å². The lowest BCUT2D eigenvalue weighted by Crippen LogP contribution is -2.39. The average Bonchev–Trinajstić information content (AvgIpc) is 2.82. The van der Waals surface area contributed by atoms with Crippen molar-refractivity contribution >= 4 is 7.82 Å². The summed E-state index contributed by atoms with van der Waals surface area (Å²) in [4.78, 5) is 24.7. The SMILES string of the molecule is CCOP(=O)(OCC)OC[C@H]1O[C@@H](n2ncc(=O)[nH]c2=O)C(O)C1O. The molecule has 1 aliphatic heterocycles. The van der Waals surface area contributed by atoms with Crippen molar-refractivity contribution in [2.75, 3.05) is 19.8 Å². The molecule has 0 bridgehead atoms. The summed E-state index contributed by atoms with van der Waals surface area (Å²) in [6, 6.07) is 0. The lowest BCUT2D eigenvalue weighted by Gasteiger charge is -2.20. The number of phosphoric ester groups is 1. The highest BCUT2D eigenvalue weighted by Crippen LogP contribution is 2.49. The second kappa shape index (κ2) is 8.32. The van der Waals surface area contributed by atoms with E-state index < -0.39 is 50.2 Å². The van der Waals surface area contributed by atoms with Crippen LogP contribution in [0, 0.1) is 0 Å². The van der Waals surface area contributed by atoms with Crippen LogP contribution in [-0.2, 0) is 22.9 Å². The summed E-state index contributed by atoms with van der Waals surface area (Å²) in [6.07, 6.45) is -4.64. The van der Waals surface area contributed by atoms with Gasteiger partial charge in [0.05, 0.1) is 19.8 Å². The molecule has 12 nitrogen and oxygen atoms in total. The van der Waals surface area contributed by atoms with E-state index >= 15 is 0 Å². The molecule has 1 aromatic rings. The maximum Gasteiger partial charge on any atom is 0.474 e. The molecule has 2 unspecified atom stereocenters. The minimum atomic E-state index is -3.83. The highest BCUT2D eigenvalue weighted by Gasteiger charge is 2.46. The van der Waals surface area contributed by atoms with E-state index in [1.54, 1.807) is 13.8 Å². The smallest absolute Gasteiger partial charge is 0.387 e. The summed E-state index contributed by atoms with van der Waals surface area (Å²) in [5, 5.41) is 23.7. The van der Waals surface area contributed by atoms with E-state index in [9.17, 15) is 24.4 Å². The number of hydrogen-bond donors (Lipinski definition) is 3. The van der Waals surface area contributed by atoms with Crippen LogP contribution >= 0.6 is 7.82 Å². The van der Waals surface area contributed by atoms with E-state index in [4.69, 9.17) is 18.3 Å². The van der Waals surface area contributed by atoms with Crippen molar-refractivity contribution in [2.45, 2.75) is 38.4 Å². The van der Waals surface area contributed by atoms with Gasteiger partial charge >= 0.3 is 13.5 Å². The van der Waals surface area contributed by atoms with Crippen molar-refractivity contribution in [1.29, 1.82) is 0 Å². The number of rotatable bonds is 8. The van der Waals surface area contributed by atoms with Crippen molar-refractivity contribution in [2.24, 2.45) is 0 Å². The maximum atomic E-state index is 12.2. The molecular formula is C12H20N3O9P. The Labute approximate surface area is 141 Å². The third kappa shape index (κ3) is 4.61. The van der Waals surface area contributed by atoms with Gasteiger partial charge in [-0.25, -0.2) is 9.36 Å². The van der Waals surface area contributed by atoms with Crippen LogP contribution < -0.4 is 11.2 Å². The summed E-state index contributed by atoms with van der Waals surface area (Å²) in [5.74, 6) is 0. The van der Waals surface area contributed by atoms with E-state index in [2.05, 4.69) is 5.10 Å². The molecule has 1 aromatic heterocycles. The first kappa shape index (κ1) is 19.9. The number of H-pyrrole nitrogens is 1. The number of aromatic amines is 1. The van der Waals surface area contributed by atoms with Gasteiger partial charge in [0.2, 0.25) is 0 Å². The summed E-state index contributed by atoms with van der Waals surface area (Å²) in [7, 11) is -3.83. The van der Waals surface area contributed by atoms with Gasteiger partial charge in [0.1, 0.15) is 24.5 Å². The van der Waals surface area contributed by atoms with Crippen molar-refractivity contribution < 1.29 is 33.1 Å². The maximum absolute atomic E-state index is 12.2. The Hall–Kier alpha value is -1.40. The van der Waals surface area contributed by atoms with Crippen molar-refractivity contribution in [3.05, 3.63) is 27.0 Å². The second-order valence-electron chi connectivity index (χ2n) is 5.01. The van der Waals surface area contributed by atoms with Crippen molar-refractivity contribution in [3.8, 4) is 0 Å². The summed E-state index contributed by atoms with van der Waals surface area (Å²) >= 11 is 0. The predicted molar refractivity (Wildman–Crippen MR) is 81.9 cm³/mol. The molecule has 1 fully saturated rings. The Kier molecular flexibility index (Phi) is 6.63. The fourth-order valence-electron chi connectivity index (χ4n) is 2.20. The van der Waals surface area contributed by atoms with E-state index in [0.29, 0.717) is 4.68 Å². The van der Waals surface area contributed by atoms with Crippen molar-refractivity contribution in [3.63, 3.8) is 0 Å². The number of nitrogens with zero attached hydrogens (tertiary/aromatic N) is 2. The number of nitrogens with one attached hydrogen (secondary N) is 1. The molecular weight excluding hydrogens is 361 g/mol. The number of aromatic nitrogens is 3. The molecule has 0 radical (unpaired) electrons. The van der Waals surface area contributed by atoms with Crippen LogP contribution in [0.15, 0.2) is 15.8 Å². The predicted octanol–water partition coefficient (Wildman–Crippen LogP) is -1.25. The molecule has 13 heteroatoms. The minimum Gasteiger partial charge on any atom is -0.387 e. The third-order valence-electron chi connectivity index (χ3n) is 3.29. The Morgan fingerprint density at radius 2 is 1.88 bits per heavy atom. The zero-order valence-corrected chi connectivity index (χ0v) is 14.5. The van der Waals surface area contributed by atoms with Gasteiger partial charge in [0.25, 0.3) is 5.56 Å². The topological polar surface area (TPSA) is 162 Å². The number of hydrogen-bond acceptors (Lipinski definition) is 10. The number of ether oxygens (including phenoxy) is 1. The van der Waals surface area contributed by atoms with Gasteiger partial charge in [0, 0.05) is 0 Å². The summed E-state index contributed by atoms with van der Waals surface area (Å²) < 4.78 is 33.2. The molecule has 25 heavy (non-hydrogen) atoms. The van der Waals surface area contributed by atoms with Gasteiger partial charge in [-0.15, -0.1) is 0 Å². The molecule has 0 amide bonds. The molecule has 2 heterocycles. The molecule has 3 N–H and O–H groups in total. The molecule has 2 rings (SSSR count). The zero-order valence-electron chi connectivity index (χ0n) is 13.6. The largest absolute Gasteiger partial charge is 0.474 e. The lowest BCUT2D eigenvalue weighted by atomic mass is 10.1. The van der Waals surface area contributed by atoms with Gasteiger partial charge in [-0.3, -0.25) is 23.3 Å². The zero-order chi connectivity index (χ0) is 18.6. The first-order valence-electron chi connectivity index (χ1n) is 7.54. The van der Waals surface area contributed by atoms with Crippen LogP contribution in [0.1, 0.15) is 20.1 Å². The molecule has 0 spiro atoms. The monoisotopic (exact) mass is 381 g/mol. The quantitative estimate of drug-likeness (QED) is 0.464. The van der Waals surface area contributed by atoms with E-state index in [1.165, 1.54) is 0 Å². The fraction of sp³-hybridized carbons (Fsp3) is 0.750. The highest BCUT2D eigenvalue weighted by molar-refractivity contribution is 7.48. The molecule has 0 saturated carbocycles. The highest BCUT2D eigenvalue weighted by atomic mass is 31.2. The van der Waals surface area contributed by atoms with Gasteiger partial charge in [-0.05, 0) is 13.8 Å². The molecule has 0 aliphatic carbocycles. The van der Waals surface area contributed by atoms with E-state index in [1.807, 2.05) is 4.98 Å². The fourth-order valence-corrected chi connectivity index (χ4v) is 3.39. The molecule has 1 saturated heterocycles. The van der Waals surface area contributed by atoms with Gasteiger partial charge in [-0.2, -0.15) is 9.78 Å². The van der Waals surface area contributed by atoms with E-state index in [-0.39, 0.29) is 13.2 Å².